The van der Waals surface area contributed by atoms with E-state index in [2.05, 4.69) is 17.5 Å². The molecule has 2 nitrogen and oxygen atoms in total. The summed E-state index contributed by atoms with van der Waals surface area (Å²) in [7, 11) is 0. The smallest absolute Gasteiger partial charge is 0.223 e. The summed E-state index contributed by atoms with van der Waals surface area (Å²) in [5.74, 6) is 0.207. The number of carbonyl (C=O) groups excluding carboxylic acids is 1. The van der Waals surface area contributed by atoms with Gasteiger partial charge in [0.2, 0.25) is 5.91 Å². The molecule has 1 aromatic rings. The molecular formula is C15H17Cl2NO. The number of halogens is 2. The van der Waals surface area contributed by atoms with Gasteiger partial charge in [0.1, 0.15) is 0 Å². The lowest BCUT2D eigenvalue weighted by molar-refractivity contribution is -0.125. The summed E-state index contributed by atoms with van der Waals surface area (Å²) in [6, 6.07) is 5.38. The second-order valence-electron chi connectivity index (χ2n) is 4.89. The summed E-state index contributed by atoms with van der Waals surface area (Å²) in [6.07, 6.45) is 6.96. The lowest BCUT2D eigenvalue weighted by Gasteiger charge is -2.21. The first kappa shape index (κ1) is 14.4. The van der Waals surface area contributed by atoms with Gasteiger partial charge in [-0.25, -0.2) is 0 Å². The molecule has 0 saturated carbocycles. The van der Waals surface area contributed by atoms with Gasteiger partial charge in [-0.2, -0.15) is 0 Å². The molecule has 0 radical (unpaired) electrons. The Labute approximate surface area is 123 Å². The van der Waals surface area contributed by atoms with Crippen molar-refractivity contribution < 1.29 is 4.79 Å². The maximum absolute atomic E-state index is 12.1. The quantitative estimate of drug-likeness (QED) is 0.816. The van der Waals surface area contributed by atoms with E-state index in [1.165, 1.54) is 0 Å². The number of carbonyl (C=O) groups is 1. The highest BCUT2D eigenvalue weighted by atomic mass is 35.5. The minimum absolute atomic E-state index is 0.0619. The van der Waals surface area contributed by atoms with E-state index in [9.17, 15) is 4.79 Å². The summed E-state index contributed by atoms with van der Waals surface area (Å²) in [5, 5.41) is 4.08. The highest BCUT2D eigenvalue weighted by Crippen LogP contribution is 2.26. The number of hydrogen-bond donors (Lipinski definition) is 1. The van der Waals surface area contributed by atoms with Crippen LogP contribution in [0.25, 0.3) is 0 Å². The van der Waals surface area contributed by atoms with E-state index in [1.807, 2.05) is 13.0 Å². The van der Waals surface area contributed by atoms with Crippen molar-refractivity contribution in [1.82, 2.24) is 5.32 Å². The molecular weight excluding hydrogens is 281 g/mol. The van der Waals surface area contributed by atoms with Crippen LogP contribution in [-0.4, -0.2) is 5.91 Å². The highest BCUT2D eigenvalue weighted by molar-refractivity contribution is 6.42. The average molecular weight is 298 g/mol. The van der Waals surface area contributed by atoms with Crippen LogP contribution in [0.2, 0.25) is 10.0 Å². The molecule has 0 saturated heterocycles. The first-order chi connectivity index (χ1) is 9.08. The summed E-state index contributed by atoms with van der Waals surface area (Å²) in [5.41, 5.74) is 0.967. The fraction of sp³-hybridized carbons (Fsp3) is 0.400. The van der Waals surface area contributed by atoms with Gasteiger partial charge in [-0.05, 0) is 43.9 Å². The first-order valence-electron chi connectivity index (χ1n) is 6.48. The zero-order valence-electron chi connectivity index (χ0n) is 10.8. The summed E-state index contributed by atoms with van der Waals surface area (Å²) in [6.45, 7) is 1.95. The van der Waals surface area contributed by atoms with Crippen molar-refractivity contribution in [2.45, 2.75) is 32.2 Å². The second kappa shape index (κ2) is 6.44. The molecule has 0 aliphatic heterocycles. The zero-order chi connectivity index (χ0) is 13.8. The second-order valence-corrected chi connectivity index (χ2v) is 5.70. The van der Waals surface area contributed by atoms with Crippen molar-refractivity contribution in [2.24, 2.45) is 5.92 Å². The zero-order valence-corrected chi connectivity index (χ0v) is 12.3. The molecule has 2 atom stereocenters. The van der Waals surface area contributed by atoms with Crippen LogP contribution < -0.4 is 5.32 Å². The van der Waals surface area contributed by atoms with Crippen LogP contribution in [0.4, 0.5) is 0 Å². The topological polar surface area (TPSA) is 29.1 Å². The number of nitrogens with one attached hydrogen (secondary N) is 1. The predicted octanol–water partition coefficient (Wildman–Crippen LogP) is 4.53. The van der Waals surface area contributed by atoms with E-state index in [0.717, 1.165) is 24.8 Å². The van der Waals surface area contributed by atoms with Crippen molar-refractivity contribution in [1.29, 1.82) is 0 Å². The summed E-state index contributed by atoms with van der Waals surface area (Å²) in [4.78, 5) is 12.1. The summed E-state index contributed by atoms with van der Waals surface area (Å²) >= 11 is 11.9. The van der Waals surface area contributed by atoms with Gasteiger partial charge in [0.05, 0.1) is 16.1 Å². The molecule has 1 aliphatic rings. The van der Waals surface area contributed by atoms with Crippen LogP contribution in [0.15, 0.2) is 30.4 Å². The minimum Gasteiger partial charge on any atom is -0.349 e. The molecule has 0 fully saturated rings. The normalized spacial score (nSPS) is 20.1. The molecule has 0 aromatic heterocycles. The van der Waals surface area contributed by atoms with Crippen LogP contribution in [0, 0.1) is 5.92 Å². The molecule has 0 spiro atoms. The first-order valence-corrected chi connectivity index (χ1v) is 7.24. The number of allylic oxidation sites excluding steroid dienone is 2. The molecule has 0 bridgehead atoms. The maximum Gasteiger partial charge on any atom is 0.223 e. The monoisotopic (exact) mass is 297 g/mol. The lowest BCUT2D eigenvalue weighted by Crippen LogP contribution is -2.33. The lowest BCUT2D eigenvalue weighted by atomic mass is 9.93. The van der Waals surface area contributed by atoms with Crippen LogP contribution in [0.3, 0.4) is 0 Å². The Hall–Kier alpha value is -0.990. The predicted molar refractivity (Wildman–Crippen MR) is 79.5 cm³/mol. The average Bonchev–Trinajstić information content (AvgIpc) is 2.42. The van der Waals surface area contributed by atoms with Gasteiger partial charge in [-0.1, -0.05) is 41.4 Å². The number of benzene rings is 1. The molecule has 2 rings (SSSR count). The Morgan fingerprint density at radius 2 is 2.11 bits per heavy atom. The number of amides is 1. The fourth-order valence-electron chi connectivity index (χ4n) is 2.23. The molecule has 19 heavy (non-hydrogen) atoms. The van der Waals surface area contributed by atoms with Gasteiger partial charge in [0.25, 0.3) is 0 Å². The van der Waals surface area contributed by atoms with E-state index in [4.69, 9.17) is 23.2 Å². The third-order valence-corrected chi connectivity index (χ3v) is 4.18. The largest absolute Gasteiger partial charge is 0.349 e. The molecule has 1 aromatic carbocycles. The Kier molecular flexibility index (Phi) is 4.89. The van der Waals surface area contributed by atoms with Crippen molar-refractivity contribution in [3.05, 3.63) is 46.0 Å². The molecule has 0 heterocycles. The van der Waals surface area contributed by atoms with Crippen molar-refractivity contribution in [3.8, 4) is 0 Å². The third kappa shape index (κ3) is 3.74. The van der Waals surface area contributed by atoms with Crippen molar-refractivity contribution in [2.75, 3.05) is 0 Å². The number of rotatable bonds is 3. The van der Waals surface area contributed by atoms with Crippen molar-refractivity contribution in [3.63, 3.8) is 0 Å². The van der Waals surface area contributed by atoms with E-state index in [0.29, 0.717) is 10.0 Å². The Morgan fingerprint density at radius 3 is 2.74 bits per heavy atom. The van der Waals surface area contributed by atoms with E-state index in [1.54, 1.807) is 12.1 Å². The Bertz CT molecular complexity index is 499. The molecule has 102 valence electrons. The Balaban J connectivity index is 1.99. The van der Waals surface area contributed by atoms with Gasteiger partial charge in [-0.15, -0.1) is 0 Å². The van der Waals surface area contributed by atoms with Crippen molar-refractivity contribution >= 4 is 29.1 Å². The van der Waals surface area contributed by atoms with E-state index in [-0.39, 0.29) is 17.9 Å². The maximum atomic E-state index is 12.1. The standard InChI is InChI=1S/C15H17Cl2NO/c1-10(12-7-8-13(16)14(17)9-12)18-15(19)11-5-3-2-4-6-11/h2-3,7-11H,4-6H2,1H3,(H,18,19)/t10-,11-/m0/s1. The van der Waals surface area contributed by atoms with E-state index >= 15 is 0 Å². The summed E-state index contributed by atoms with van der Waals surface area (Å²) < 4.78 is 0. The molecule has 4 heteroatoms. The van der Waals surface area contributed by atoms with Crippen LogP contribution in [-0.2, 0) is 4.79 Å². The Morgan fingerprint density at radius 1 is 1.32 bits per heavy atom. The van der Waals surface area contributed by atoms with E-state index < -0.39 is 0 Å². The molecule has 0 unspecified atom stereocenters. The fourth-order valence-corrected chi connectivity index (χ4v) is 2.53. The van der Waals surface area contributed by atoms with Gasteiger partial charge in [-0.3, -0.25) is 4.79 Å². The van der Waals surface area contributed by atoms with Gasteiger partial charge < -0.3 is 5.32 Å². The van der Waals surface area contributed by atoms with Crippen LogP contribution >= 0.6 is 23.2 Å². The minimum atomic E-state index is -0.0619. The number of hydrogen-bond acceptors (Lipinski definition) is 1. The van der Waals surface area contributed by atoms with Gasteiger partial charge in [0.15, 0.2) is 0 Å². The van der Waals surface area contributed by atoms with Crippen LogP contribution in [0.5, 0.6) is 0 Å². The third-order valence-electron chi connectivity index (χ3n) is 3.44. The molecule has 1 aliphatic carbocycles. The molecule has 1 amide bonds. The SMILES string of the molecule is C[C@H](NC(=O)[C@H]1CC=CCC1)c1ccc(Cl)c(Cl)c1. The van der Waals surface area contributed by atoms with Crippen LogP contribution in [0.1, 0.15) is 37.8 Å². The van der Waals surface area contributed by atoms with Gasteiger partial charge in [0, 0.05) is 5.92 Å². The van der Waals surface area contributed by atoms with Gasteiger partial charge >= 0.3 is 0 Å². The molecule has 1 N–H and O–H groups in total. The highest BCUT2D eigenvalue weighted by Gasteiger charge is 2.20.